The summed E-state index contributed by atoms with van der Waals surface area (Å²) in [4.78, 5) is 22.5. The van der Waals surface area contributed by atoms with Gasteiger partial charge in [-0.3, -0.25) is 14.9 Å². The number of hydrogen-bond donors (Lipinski definition) is 3. The zero-order valence-corrected chi connectivity index (χ0v) is 15.5. The highest BCUT2D eigenvalue weighted by Gasteiger charge is 2.17. The Morgan fingerprint density at radius 2 is 1.93 bits per heavy atom. The van der Waals surface area contributed by atoms with Gasteiger partial charge in [-0.25, -0.2) is 5.43 Å². The molecule has 0 aliphatic rings. The molecule has 1 amide bonds. The number of benzene rings is 2. The van der Waals surface area contributed by atoms with Crippen LogP contribution >= 0.6 is 0 Å². The maximum atomic E-state index is 12.2. The van der Waals surface area contributed by atoms with E-state index in [9.17, 15) is 20.0 Å². The predicted octanol–water partition coefficient (Wildman–Crippen LogP) is 2.27. The van der Waals surface area contributed by atoms with E-state index in [0.29, 0.717) is 11.4 Å². The zero-order chi connectivity index (χ0) is 20.7. The van der Waals surface area contributed by atoms with Crippen molar-refractivity contribution in [2.45, 2.75) is 13.0 Å². The minimum absolute atomic E-state index is 0.0247. The number of phenolic OH excluding ortho intramolecular Hbond substituents is 1. The number of carbonyl (C=O) groups excluding carboxylic acids is 1. The number of hydrogen-bond acceptors (Lipinski definition) is 8. The molecular formula is C18H20N4O6. The van der Waals surface area contributed by atoms with E-state index in [-0.39, 0.29) is 22.7 Å². The average Bonchev–Trinajstić information content (AvgIpc) is 2.69. The molecule has 1 unspecified atom stereocenters. The highest BCUT2D eigenvalue weighted by atomic mass is 16.6. The largest absolute Gasteiger partial charge is 0.504 e. The van der Waals surface area contributed by atoms with Crippen LogP contribution in [0, 0.1) is 10.1 Å². The molecule has 2 aromatic rings. The molecule has 0 saturated carbocycles. The van der Waals surface area contributed by atoms with Crippen LogP contribution in [0.25, 0.3) is 0 Å². The standard InChI is InChI=1S/C18H20N4O6/c1-11(20-14-6-4-5-7-15(14)27-2)18(24)21-19-10-12-8-13(22(25)26)9-16(28-3)17(12)23/h4-11,20,23H,1-3H3,(H,21,24)/b19-10+. The molecule has 1 atom stereocenters. The number of aromatic hydroxyl groups is 1. The van der Waals surface area contributed by atoms with E-state index in [1.165, 1.54) is 14.2 Å². The number of para-hydroxylation sites is 2. The number of nitrogens with one attached hydrogen (secondary N) is 2. The van der Waals surface area contributed by atoms with E-state index in [1.807, 2.05) is 0 Å². The molecule has 0 fully saturated rings. The average molecular weight is 388 g/mol. The van der Waals surface area contributed by atoms with Crippen LogP contribution in [0.15, 0.2) is 41.5 Å². The zero-order valence-electron chi connectivity index (χ0n) is 15.5. The predicted molar refractivity (Wildman–Crippen MR) is 103 cm³/mol. The molecule has 2 aromatic carbocycles. The molecule has 0 heterocycles. The highest BCUT2D eigenvalue weighted by molar-refractivity contribution is 5.89. The summed E-state index contributed by atoms with van der Waals surface area (Å²) >= 11 is 0. The fourth-order valence-electron chi connectivity index (χ4n) is 2.30. The minimum atomic E-state index is -0.651. The van der Waals surface area contributed by atoms with Gasteiger partial charge < -0.3 is 19.9 Å². The molecule has 28 heavy (non-hydrogen) atoms. The van der Waals surface area contributed by atoms with Gasteiger partial charge in [0.25, 0.3) is 11.6 Å². The van der Waals surface area contributed by atoms with Gasteiger partial charge in [0.15, 0.2) is 11.5 Å². The Balaban J connectivity index is 2.08. The number of anilines is 1. The van der Waals surface area contributed by atoms with Crippen molar-refractivity contribution in [2.24, 2.45) is 5.10 Å². The second kappa shape index (κ2) is 9.21. The van der Waals surface area contributed by atoms with Crippen molar-refractivity contribution in [2.75, 3.05) is 19.5 Å². The van der Waals surface area contributed by atoms with E-state index in [2.05, 4.69) is 15.8 Å². The molecule has 0 aliphatic carbocycles. The lowest BCUT2D eigenvalue weighted by molar-refractivity contribution is -0.385. The van der Waals surface area contributed by atoms with E-state index in [4.69, 9.17) is 9.47 Å². The van der Waals surface area contributed by atoms with Crippen LogP contribution in [0.3, 0.4) is 0 Å². The summed E-state index contributed by atoms with van der Waals surface area (Å²) in [6.07, 6.45) is 1.10. The van der Waals surface area contributed by atoms with Gasteiger partial charge in [-0.2, -0.15) is 5.10 Å². The fourth-order valence-corrected chi connectivity index (χ4v) is 2.30. The Bertz CT molecular complexity index is 900. The lowest BCUT2D eigenvalue weighted by Crippen LogP contribution is -2.35. The van der Waals surface area contributed by atoms with E-state index >= 15 is 0 Å². The third kappa shape index (κ3) is 4.87. The third-order valence-corrected chi connectivity index (χ3v) is 3.77. The SMILES string of the molecule is COc1ccccc1NC(C)C(=O)N/N=C/c1cc([N+](=O)[O-])cc(OC)c1O. The highest BCUT2D eigenvalue weighted by Crippen LogP contribution is 2.33. The van der Waals surface area contributed by atoms with Gasteiger partial charge in [-0.05, 0) is 19.1 Å². The number of methoxy groups -OCH3 is 2. The van der Waals surface area contributed by atoms with Crippen molar-refractivity contribution >= 4 is 23.5 Å². The van der Waals surface area contributed by atoms with Crippen molar-refractivity contribution in [3.63, 3.8) is 0 Å². The first kappa shape index (κ1) is 20.5. The van der Waals surface area contributed by atoms with E-state index < -0.39 is 16.9 Å². The second-order valence-corrected chi connectivity index (χ2v) is 5.64. The summed E-state index contributed by atoms with van der Waals surface area (Å²) in [6.45, 7) is 1.63. The van der Waals surface area contributed by atoms with Crippen molar-refractivity contribution in [3.8, 4) is 17.2 Å². The van der Waals surface area contributed by atoms with Gasteiger partial charge >= 0.3 is 0 Å². The molecule has 10 heteroatoms. The van der Waals surface area contributed by atoms with E-state index in [1.54, 1.807) is 31.2 Å². The van der Waals surface area contributed by atoms with Crippen LogP contribution in [0.4, 0.5) is 11.4 Å². The first-order chi connectivity index (χ1) is 13.4. The Labute approximate surface area is 160 Å². The topological polar surface area (TPSA) is 135 Å². The summed E-state index contributed by atoms with van der Waals surface area (Å²) in [5, 5.41) is 27.8. The first-order valence-corrected chi connectivity index (χ1v) is 8.15. The lowest BCUT2D eigenvalue weighted by Gasteiger charge is -2.15. The number of carbonyl (C=O) groups is 1. The smallest absolute Gasteiger partial charge is 0.274 e. The molecule has 0 saturated heterocycles. The van der Waals surface area contributed by atoms with Crippen molar-refractivity contribution in [1.29, 1.82) is 0 Å². The number of ether oxygens (including phenoxy) is 2. The molecule has 0 spiro atoms. The Morgan fingerprint density at radius 1 is 1.25 bits per heavy atom. The number of rotatable bonds is 8. The van der Waals surface area contributed by atoms with Crippen molar-refractivity contribution in [3.05, 3.63) is 52.1 Å². The molecule has 0 radical (unpaired) electrons. The first-order valence-electron chi connectivity index (χ1n) is 8.15. The quantitative estimate of drug-likeness (QED) is 0.358. The second-order valence-electron chi connectivity index (χ2n) is 5.64. The molecule has 148 valence electrons. The van der Waals surface area contributed by atoms with Crippen LogP contribution in [0.2, 0.25) is 0 Å². The fraction of sp³-hybridized carbons (Fsp3) is 0.222. The monoisotopic (exact) mass is 388 g/mol. The van der Waals surface area contributed by atoms with Gasteiger partial charge in [0.05, 0.1) is 37.1 Å². The molecule has 0 aliphatic heterocycles. The normalized spacial score (nSPS) is 11.7. The van der Waals surface area contributed by atoms with Crippen LogP contribution in [-0.4, -0.2) is 42.4 Å². The summed E-state index contributed by atoms with van der Waals surface area (Å²) in [6, 6.07) is 8.67. The lowest BCUT2D eigenvalue weighted by atomic mass is 10.2. The van der Waals surface area contributed by atoms with Crippen molar-refractivity contribution in [1.82, 2.24) is 5.43 Å². The number of non-ortho nitro benzene ring substituents is 1. The Kier molecular flexibility index (Phi) is 6.74. The number of nitrogens with zero attached hydrogens (tertiary/aromatic N) is 2. The summed E-state index contributed by atoms with van der Waals surface area (Å²) in [7, 11) is 2.79. The maximum absolute atomic E-state index is 12.2. The number of phenols is 1. The summed E-state index contributed by atoms with van der Waals surface area (Å²) in [5.74, 6) is -0.280. The van der Waals surface area contributed by atoms with Gasteiger partial charge in [-0.15, -0.1) is 0 Å². The van der Waals surface area contributed by atoms with Gasteiger partial charge in [0, 0.05) is 11.6 Å². The van der Waals surface area contributed by atoms with Gasteiger partial charge in [0.1, 0.15) is 11.8 Å². The number of nitro groups is 1. The van der Waals surface area contributed by atoms with Crippen molar-refractivity contribution < 1.29 is 24.3 Å². The Morgan fingerprint density at radius 3 is 2.57 bits per heavy atom. The molecule has 0 bridgehead atoms. The van der Waals surface area contributed by atoms with Crippen LogP contribution in [-0.2, 0) is 4.79 Å². The van der Waals surface area contributed by atoms with Crippen LogP contribution in [0.5, 0.6) is 17.2 Å². The molecular weight excluding hydrogens is 368 g/mol. The summed E-state index contributed by atoms with van der Waals surface area (Å²) < 4.78 is 10.1. The molecule has 10 nitrogen and oxygen atoms in total. The van der Waals surface area contributed by atoms with Crippen LogP contribution < -0.4 is 20.2 Å². The Hall–Kier alpha value is -3.82. The minimum Gasteiger partial charge on any atom is -0.504 e. The number of hydrazone groups is 1. The number of amides is 1. The summed E-state index contributed by atoms with van der Waals surface area (Å²) in [5.41, 5.74) is 2.69. The number of nitro benzene ring substituents is 1. The van der Waals surface area contributed by atoms with E-state index in [0.717, 1.165) is 18.3 Å². The van der Waals surface area contributed by atoms with Gasteiger partial charge in [-0.1, -0.05) is 12.1 Å². The molecule has 0 aromatic heterocycles. The maximum Gasteiger partial charge on any atom is 0.274 e. The molecule has 3 N–H and O–H groups in total. The molecule has 2 rings (SSSR count). The van der Waals surface area contributed by atoms with Crippen LogP contribution in [0.1, 0.15) is 12.5 Å². The third-order valence-electron chi connectivity index (χ3n) is 3.77. The van der Waals surface area contributed by atoms with Gasteiger partial charge in [0.2, 0.25) is 0 Å².